The lowest BCUT2D eigenvalue weighted by Gasteiger charge is -2.20. The predicted octanol–water partition coefficient (Wildman–Crippen LogP) is 0.967. The van der Waals surface area contributed by atoms with Gasteiger partial charge in [0.25, 0.3) is 0 Å². The van der Waals surface area contributed by atoms with E-state index in [0.717, 1.165) is 13.0 Å². The summed E-state index contributed by atoms with van der Waals surface area (Å²) >= 11 is 0. The third-order valence-electron chi connectivity index (χ3n) is 1.53. The van der Waals surface area contributed by atoms with E-state index in [1.807, 2.05) is 6.92 Å². The molecule has 1 N–H and O–H groups in total. The van der Waals surface area contributed by atoms with E-state index in [0.29, 0.717) is 0 Å². The molecule has 0 aliphatic rings. The Morgan fingerprint density at radius 2 is 2.36 bits per heavy atom. The molecule has 0 rings (SSSR count). The zero-order chi connectivity index (χ0) is 8.85. The zero-order valence-corrected chi connectivity index (χ0v) is 7.08. The van der Waals surface area contributed by atoms with Crippen molar-refractivity contribution in [1.82, 2.24) is 4.90 Å². The van der Waals surface area contributed by atoms with Crippen molar-refractivity contribution in [3.8, 4) is 0 Å². The zero-order valence-electron chi connectivity index (χ0n) is 7.08. The lowest BCUT2D eigenvalue weighted by Crippen LogP contribution is -2.37. The average Bonchev–Trinajstić information content (AvgIpc) is 1.88. The fourth-order valence-electron chi connectivity index (χ4n) is 0.961. The molecule has 3 heteroatoms. The van der Waals surface area contributed by atoms with Crippen molar-refractivity contribution < 1.29 is 9.90 Å². The van der Waals surface area contributed by atoms with Gasteiger partial charge in [0.2, 0.25) is 0 Å². The van der Waals surface area contributed by atoms with E-state index in [1.165, 1.54) is 6.08 Å². The van der Waals surface area contributed by atoms with Crippen LogP contribution in [0, 0.1) is 0 Å². The van der Waals surface area contributed by atoms with E-state index in [9.17, 15) is 4.79 Å². The lowest BCUT2D eigenvalue weighted by molar-refractivity contribution is -0.140. The molecule has 0 aromatic heterocycles. The number of carboxylic acid groups (broad SMARTS) is 1. The predicted molar refractivity (Wildman–Crippen MR) is 44.5 cm³/mol. The third-order valence-corrected chi connectivity index (χ3v) is 1.53. The second-order valence-corrected chi connectivity index (χ2v) is 2.50. The van der Waals surface area contributed by atoms with Crippen molar-refractivity contribution in [2.75, 3.05) is 13.6 Å². The number of carboxylic acids is 1. The molecule has 0 heterocycles. The second-order valence-electron chi connectivity index (χ2n) is 2.50. The number of nitrogens with zero attached hydrogens (tertiary/aromatic N) is 1. The van der Waals surface area contributed by atoms with Gasteiger partial charge in [-0.05, 0) is 20.0 Å². The van der Waals surface area contributed by atoms with Crippen LogP contribution in [0.2, 0.25) is 0 Å². The standard InChI is InChI=1S/C8H15NO2/c1-4-6-9(3)7(5-2)8(10)11/h5,7H,2,4,6H2,1,3H3,(H,10,11). The first-order valence-corrected chi connectivity index (χ1v) is 3.69. The minimum absolute atomic E-state index is 0.546. The van der Waals surface area contributed by atoms with Gasteiger partial charge in [-0.1, -0.05) is 13.0 Å². The van der Waals surface area contributed by atoms with E-state index < -0.39 is 12.0 Å². The van der Waals surface area contributed by atoms with E-state index in [2.05, 4.69) is 6.58 Å². The molecule has 0 amide bonds. The highest BCUT2D eigenvalue weighted by Gasteiger charge is 2.17. The highest BCUT2D eigenvalue weighted by molar-refractivity contribution is 5.75. The Morgan fingerprint density at radius 1 is 1.82 bits per heavy atom. The highest BCUT2D eigenvalue weighted by Crippen LogP contribution is 1.98. The van der Waals surface area contributed by atoms with Crippen molar-refractivity contribution in [3.05, 3.63) is 12.7 Å². The number of likely N-dealkylation sites (N-methyl/N-ethyl adjacent to an activating group) is 1. The van der Waals surface area contributed by atoms with Crippen LogP contribution in [0.4, 0.5) is 0 Å². The first-order valence-electron chi connectivity index (χ1n) is 3.69. The summed E-state index contributed by atoms with van der Waals surface area (Å²) < 4.78 is 0. The third kappa shape index (κ3) is 3.18. The fourth-order valence-corrected chi connectivity index (χ4v) is 0.961. The maximum atomic E-state index is 10.5. The fraction of sp³-hybridized carbons (Fsp3) is 0.625. The molecule has 3 nitrogen and oxygen atoms in total. The Hall–Kier alpha value is -0.830. The molecule has 0 saturated heterocycles. The van der Waals surface area contributed by atoms with Crippen LogP contribution >= 0.6 is 0 Å². The largest absolute Gasteiger partial charge is 0.480 e. The summed E-state index contributed by atoms with van der Waals surface area (Å²) in [6.07, 6.45) is 2.39. The van der Waals surface area contributed by atoms with Crippen LogP contribution in [0.5, 0.6) is 0 Å². The average molecular weight is 157 g/mol. The van der Waals surface area contributed by atoms with Gasteiger partial charge >= 0.3 is 5.97 Å². The molecule has 0 aromatic rings. The Balaban J connectivity index is 4.02. The molecule has 64 valence electrons. The molecule has 0 spiro atoms. The molecular weight excluding hydrogens is 142 g/mol. The molecule has 0 bridgehead atoms. The normalized spacial score (nSPS) is 13.0. The van der Waals surface area contributed by atoms with Crippen LogP contribution in [0.25, 0.3) is 0 Å². The van der Waals surface area contributed by atoms with Crippen LogP contribution < -0.4 is 0 Å². The Labute approximate surface area is 67.3 Å². The quantitative estimate of drug-likeness (QED) is 0.604. The van der Waals surface area contributed by atoms with Crippen LogP contribution in [-0.2, 0) is 4.79 Å². The summed E-state index contributed by atoms with van der Waals surface area (Å²) in [6, 6.07) is -0.546. The van der Waals surface area contributed by atoms with Crippen molar-refractivity contribution >= 4 is 5.97 Å². The van der Waals surface area contributed by atoms with Crippen molar-refractivity contribution in [2.24, 2.45) is 0 Å². The minimum atomic E-state index is -0.837. The molecule has 0 aromatic carbocycles. The molecule has 1 unspecified atom stereocenters. The summed E-state index contributed by atoms with van der Waals surface area (Å²) in [4.78, 5) is 12.3. The van der Waals surface area contributed by atoms with Crippen molar-refractivity contribution in [2.45, 2.75) is 19.4 Å². The number of hydrogen-bond donors (Lipinski definition) is 1. The second kappa shape index (κ2) is 4.91. The molecule has 0 aliphatic heterocycles. The summed E-state index contributed by atoms with van der Waals surface area (Å²) in [7, 11) is 1.78. The SMILES string of the molecule is C=CC(C(=O)O)N(C)CCC. The number of rotatable bonds is 5. The number of aliphatic carboxylic acids is 1. The summed E-state index contributed by atoms with van der Waals surface area (Å²) in [5, 5.41) is 8.66. The summed E-state index contributed by atoms with van der Waals surface area (Å²) in [5.41, 5.74) is 0. The Kier molecular flexibility index (Phi) is 4.54. The Bertz CT molecular complexity index is 145. The number of carbonyl (C=O) groups is 1. The molecule has 0 radical (unpaired) electrons. The summed E-state index contributed by atoms with van der Waals surface area (Å²) in [6.45, 7) is 6.26. The van der Waals surface area contributed by atoms with Gasteiger partial charge in [0.1, 0.15) is 6.04 Å². The van der Waals surface area contributed by atoms with Gasteiger partial charge in [-0.2, -0.15) is 0 Å². The minimum Gasteiger partial charge on any atom is -0.480 e. The molecule has 11 heavy (non-hydrogen) atoms. The Morgan fingerprint density at radius 3 is 2.64 bits per heavy atom. The maximum absolute atomic E-state index is 10.5. The van der Waals surface area contributed by atoms with E-state index >= 15 is 0 Å². The molecule has 0 aliphatic carbocycles. The van der Waals surface area contributed by atoms with Gasteiger partial charge in [-0.3, -0.25) is 9.69 Å². The van der Waals surface area contributed by atoms with Crippen LogP contribution in [0.3, 0.4) is 0 Å². The van der Waals surface area contributed by atoms with Gasteiger partial charge in [-0.15, -0.1) is 6.58 Å². The van der Waals surface area contributed by atoms with Gasteiger partial charge in [-0.25, -0.2) is 0 Å². The van der Waals surface area contributed by atoms with Gasteiger partial charge in [0.05, 0.1) is 0 Å². The van der Waals surface area contributed by atoms with Crippen LogP contribution in [0.1, 0.15) is 13.3 Å². The molecule has 1 atom stereocenters. The first-order chi connectivity index (χ1) is 5.13. The molecule has 0 saturated carbocycles. The number of hydrogen-bond acceptors (Lipinski definition) is 2. The molecule has 0 fully saturated rings. The van der Waals surface area contributed by atoms with Gasteiger partial charge < -0.3 is 5.11 Å². The van der Waals surface area contributed by atoms with Crippen molar-refractivity contribution in [1.29, 1.82) is 0 Å². The molecular formula is C8H15NO2. The van der Waals surface area contributed by atoms with E-state index in [1.54, 1.807) is 11.9 Å². The summed E-state index contributed by atoms with van der Waals surface area (Å²) in [5.74, 6) is -0.837. The topological polar surface area (TPSA) is 40.5 Å². The van der Waals surface area contributed by atoms with Gasteiger partial charge in [0.15, 0.2) is 0 Å². The lowest BCUT2D eigenvalue weighted by atomic mass is 10.2. The van der Waals surface area contributed by atoms with Gasteiger partial charge in [0, 0.05) is 0 Å². The van der Waals surface area contributed by atoms with Crippen LogP contribution in [-0.4, -0.2) is 35.6 Å². The monoisotopic (exact) mass is 157 g/mol. The van der Waals surface area contributed by atoms with E-state index in [-0.39, 0.29) is 0 Å². The highest BCUT2D eigenvalue weighted by atomic mass is 16.4. The van der Waals surface area contributed by atoms with Crippen molar-refractivity contribution in [3.63, 3.8) is 0 Å². The smallest absolute Gasteiger partial charge is 0.324 e. The first kappa shape index (κ1) is 10.2. The van der Waals surface area contributed by atoms with E-state index in [4.69, 9.17) is 5.11 Å². The van der Waals surface area contributed by atoms with Crippen LogP contribution in [0.15, 0.2) is 12.7 Å². The maximum Gasteiger partial charge on any atom is 0.324 e.